The Hall–Kier alpha value is -1.62. The first-order valence-corrected chi connectivity index (χ1v) is 12.1. The summed E-state index contributed by atoms with van der Waals surface area (Å²) in [4.78, 5) is 0. The monoisotopic (exact) mass is 395 g/mol. The molecule has 0 aliphatic heterocycles. The third kappa shape index (κ3) is 6.70. The molecule has 2 saturated carbocycles. The number of allylic oxidation sites excluding steroid dienone is 2. The molecule has 158 valence electrons. The molecule has 0 heterocycles. The molecule has 3 rings (SSSR count). The van der Waals surface area contributed by atoms with E-state index in [1.165, 1.54) is 70.6 Å². The summed E-state index contributed by atoms with van der Waals surface area (Å²) in [6.07, 6.45) is 22.4. The normalized spacial score (nSPS) is 27.8. The van der Waals surface area contributed by atoms with Crippen LogP contribution < -0.4 is 0 Å². The van der Waals surface area contributed by atoms with Crippen LogP contribution in [-0.2, 0) is 0 Å². The zero-order chi connectivity index (χ0) is 20.5. The highest BCUT2D eigenvalue weighted by atomic mass is 19.1. The Morgan fingerprint density at radius 1 is 0.931 bits per heavy atom. The van der Waals surface area contributed by atoms with E-state index in [9.17, 15) is 4.39 Å². The molecule has 0 bridgehead atoms. The standard InChI is InChI=1S/C27H38FN/c1-2-3-4-5-6-21-7-9-22(10-8-21)11-12-23-13-15-24(16-14-23)25-17-18-26(20-29)27(28)19-25/h11-12,17-19,21-24H,2-10,13-16H2,1H3/b12-11+. The molecule has 1 nitrogen and oxygen atoms in total. The lowest BCUT2D eigenvalue weighted by Gasteiger charge is -2.29. The van der Waals surface area contributed by atoms with Gasteiger partial charge < -0.3 is 0 Å². The van der Waals surface area contributed by atoms with E-state index in [1.807, 2.05) is 12.1 Å². The van der Waals surface area contributed by atoms with Gasteiger partial charge in [0.1, 0.15) is 11.9 Å². The third-order valence-corrected chi connectivity index (χ3v) is 7.37. The summed E-state index contributed by atoms with van der Waals surface area (Å²) in [5.41, 5.74) is 1.22. The molecule has 1 aromatic carbocycles. The first kappa shape index (κ1) is 22.1. The summed E-state index contributed by atoms with van der Waals surface area (Å²) in [6.45, 7) is 2.29. The maximum atomic E-state index is 13.9. The molecule has 2 aliphatic rings. The molecule has 0 saturated heterocycles. The second-order valence-electron chi connectivity index (χ2n) is 9.48. The maximum absolute atomic E-state index is 13.9. The van der Waals surface area contributed by atoms with Crippen molar-refractivity contribution < 1.29 is 4.39 Å². The van der Waals surface area contributed by atoms with Crippen LogP contribution in [0.1, 0.15) is 107 Å². The molecule has 2 fully saturated rings. The molecule has 2 heteroatoms. The minimum Gasteiger partial charge on any atom is -0.206 e. The summed E-state index contributed by atoms with van der Waals surface area (Å²) >= 11 is 0. The fraction of sp³-hybridized carbons (Fsp3) is 0.667. The van der Waals surface area contributed by atoms with Gasteiger partial charge in [-0.3, -0.25) is 0 Å². The van der Waals surface area contributed by atoms with E-state index in [1.54, 1.807) is 12.1 Å². The van der Waals surface area contributed by atoms with Gasteiger partial charge in [0.2, 0.25) is 0 Å². The van der Waals surface area contributed by atoms with Crippen molar-refractivity contribution >= 4 is 0 Å². The van der Waals surface area contributed by atoms with E-state index < -0.39 is 0 Å². The van der Waals surface area contributed by atoms with Gasteiger partial charge in [0, 0.05) is 0 Å². The first-order chi connectivity index (χ1) is 14.2. The summed E-state index contributed by atoms with van der Waals surface area (Å²) in [7, 11) is 0. The van der Waals surface area contributed by atoms with Gasteiger partial charge in [-0.25, -0.2) is 4.39 Å². The highest BCUT2D eigenvalue weighted by molar-refractivity contribution is 5.35. The van der Waals surface area contributed by atoms with Crippen molar-refractivity contribution in [3.8, 4) is 6.07 Å². The van der Waals surface area contributed by atoms with Crippen LogP contribution in [0.2, 0.25) is 0 Å². The van der Waals surface area contributed by atoms with Gasteiger partial charge in [0.05, 0.1) is 5.56 Å². The fourth-order valence-electron chi connectivity index (χ4n) is 5.36. The number of rotatable bonds is 8. The van der Waals surface area contributed by atoms with Crippen molar-refractivity contribution in [3.05, 3.63) is 47.3 Å². The van der Waals surface area contributed by atoms with E-state index >= 15 is 0 Å². The number of hydrogen-bond donors (Lipinski definition) is 0. The Labute approximate surface area is 177 Å². The first-order valence-electron chi connectivity index (χ1n) is 12.1. The van der Waals surface area contributed by atoms with Crippen LogP contribution in [0, 0.1) is 34.9 Å². The molecule has 0 atom stereocenters. The Kier molecular flexibility index (Phi) is 8.78. The van der Waals surface area contributed by atoms with Crippen LogP contribution in [-0.4, -0.2) is 0 Å². The van der Waals surface area contributed by atoms with Gasteiger partial charge in [0.15, 0.2) is 0 Å². The topological polar surface area (TPSA) is 23.8 Å². The van der Waals surface area contributed by atoms with Gasteiger partial charge in [-0.05, 0) is 92.7 Å². The Balaban J connectivity index is 1.37. The number of nitriles is 1. The maximum Gasteiger partial charge on any atom is 0.141 e. The zero-order valence-electron chi connectivity index (χ0n) is 18.2. The lowest BCUT2D eigenvalue weighted by atomic mass is 9.76. The predicted molar refractivity (Wildman–Crippen MR) is 119 cm³/mol. The van der Waals surface area contributed by atoms with Gasteiger partial charge >= 0.3 is 0 Å². The Morgan fingerprint density at radius 3 is 2.17 bits per heavy atom. The van der Waals surface area contributed by atoms with E-state index in [4.69, 9.17) is 5.26 Å². The smallest absolute Gasteiger partial charge is 0.141 e. The molecule has 0 N–H and O–H groups in total. The molecule has 0 amide bonds. The largest absolute Gasteiger partial charge is 0.206 e. The number of hydrogen-bond acceptors (Lipinski definition) is 1. The van der Waals surface area contributed by atoms with E-state index in [2.05, 4.69) is 19.1 Å². The van der Waals surface area contributed by atoms with Gasteiger partial charge in [-0.15, -0.1) is 0 Å². The molecule has 0 aromatic heterocycles. The molecule has 2 aliphatic carbocycles. The van der Waals surface area contributed by atoms with E-state index in [0.717, 1.165) is 30.2 Å². The van der Waals surface area contributed by atoms with Crippen molar-refractivity contribution in [2.45, 2.75) is 96.3 Å². The fourth-order valence-corrected chi connectivity index (χ4v) is 5.36. The highest BCUT2D eigenvalue weighted by Gasteiger charge is 2.23. The highest BCUT2D eigenvalue weighted by Crippen LogP contribution is 2.38. The SMILES string of the molecule is CCCCCCC1CCC(/C=C/C2CCC(c3ccc(C#N)c(F)c3)CC2)CC1. The average molecular weight is 396 g/mol. The minimum atomic E-state index is -0.368. The van der Waals surface area contributed by atoms with Crippen LogP contribution >= 0.6 is 0 Å². The van der Waals surface area contributed by atoms with Crippen molar-refractivity contribution in [2.24, 2.45) is 17.8 Å². The second-order valence-corrected chi connectivity index (χ2v) is 9.48. The number of nitrogens with zero attached hydrogens (tertiary/aromatic N) is 1. The van der Waals surface area contributed by atoms with Crippen LogP contribution in [0.25, 0.3) is 0 Å². The summed E-state index contributed by atoms with van der Waals surface area (Å²) in [5, 5.41) is 8.90. The molecule has 29 heavy (non-hydrogen) atoms. The molecule has 0 unspecified atom stereocenters. The minimum absolute atomic E-state index is 0.154. The van der Waals surface area contributed by atoms with Crippen LogP contribution in [0.5, 0.6) is 0 Å². The van der Waals surface area contributed by atoms with Crippen molar-refractivity contribution in [1.29, 1.82) is 5.26 Å². The summed E-state index contributed by atoms with van der Waals surface area (Å²) in [5.74, 6) is 2.56. The number of benzene rings is 1. The number of unbranched alkanes of at least 4 members (excludes halogenated alkanes) is 3. The number of halogens is 1. The predicted octanol–water partition coefficient (Wildman–Crippen LogP) is 8.30. The summed E-state index contributed by atoms with van der Waals surface area (Å²) in [6, 6.07) is 7.08. The van der Waals surface area contributed by atoms with Gasteiger partial charge in [0.25, 0.3) is 0 Å². The molecule has 1 aromatic rings. The average Bonchev–Trinajstić information content (AvgIpc) is 2.76. The Bertz CT molecular complexity index is 685. The van der Waals surface area contributed by atoms with Crippen molar-refractivity contribution in [2.75, 3.05) is 0 Å². The Morgan fingerprint density at radius 2 is 1.59 bits per heavy atom. The molecule has 0 spiro atoms. The van der Waals surface area contributed by atoms with E-state index in [-0.39, 0.29) is 11.4 Å². The quantitative estimate of drug-likeness (QED) is 0.321. The zero-order valence-corrected chi connectivity index (χ0v) is 18.2. The van der Waals surface area contributed by atoms with Gasteiger partial charge in [-0.2, -0.15) is 5.26 Å². The lowest BCUT2D eigenvalue weighted by Crippen LogP contribution is -2.15. The van der Waals surface area contributed by atoms with Crippen molar-refractivity contribution in [1.82, 2.24) is 0 Å². The molecule has 0 radical (unpaired) electrons. The summed E-state index contributed by atoms with van der Waals surface area (Å²) < 4.78 is 13.9. The second kappa shape index (κ2) is 11.5. The van der Waals surface area contributed by atoms with Crippen LogP contribution in [0.4, 0.5) is 4.39 Å². The van der Waals surface area contributed by atoms with Crippen LogP contribution in [0.15, 0.2) is 30.4 Å². The van der Waals surface area contributed by atoms with E-state index in [0.29, 0.717) is 11.8 Å². The van der Waals surface area contributed by atoms with Crippen LogP contribution in [0.3, 0.4) is 0 Å². The lowest BCUT2D eigenvalue weighted by molar-refractivity contribution is 0.287. The third-order valence-electron chi connectivity index (χ3n) is 7.37. The van der Waals surface area contributed by atoms with Gasteiger partial charge in [-0.1, -0.05) is 57.2 Å². The molecular formula is C27H38FN. The van der Waals surface area contributed by atoms with Crippen molar-refractivity contribution in [3.63, 3.8) is 0 Å². The molecular weight excluding hydrogens is 357 g/mol.